The summed E-state index contributed by atoms with van der Waals surface area (Å²) in [5, 5.41) is 12.8. The molecule has 0 heterocycles. The van der Waals surface area contributed by atoms with Crippen LogP contribution in [0.25, 0.3) is 0 Å². The van der Waals surface area contributed by atoms with E-state index in [4.69, 9.17) is 9.47 Å². The molecule has 0 aromatic heterocycles. The topological polar surface area (TPSA) is 50.7 Å². The Morgan fingerprint density at radius 1 is 1.05 bits per heavy atom. The predicted molar refractivity (Wildman–Crippen MR) is 74.9 cm³/mol. The molecule has 0 aliphatic carbocycles. The summed E-state index contributed by atoms with van der Waals surface area (Å²) >= 11 is 0. The minimum atomic E-state index is -0.403. The third-order valence-electron chi connectivity index (χ3n) is 2.89. The molecule has 2 aromatic carbocycles. The van der Waals surface area contributed by atoms with Gasteiger partial charge in [-0.15, -0.1) is 0 Å². The van der Waals surface area contributed by atoms with Crippen LogP contribution in [0.2, 0.25) is 0 Å². The number of phenolic OH excluding ortho intramolecular Hbond substituents is 1. The lowest BCUT2D eigenvalue weighted by Gasteiger charge is -2.10. The van der Waals surface area contributed by atoms with Crippen LogP contribution in [0.4, 0.5) is 10.1 Å². The highest BCUT2D eigenvalue weighted by molar-refractivity contribution is 5.50. The van der Waals surface area contributed by atoms with E-state index in [2.05, 4.69) is 5.32 Å². The molecule has 0 radical (unpaired) electrons. The first-order valence-electron chi connectivity index (χ1n) is 6.07. The number of ether oxygens (including phenoxy) is 2. The highest BCUT2D eigenvalue weighted by Gasteiger charge is 2.05. The Labute approximate surface area is 116 Å². The van der Waals surface area contributed by atoms with Crippen LogP contribution in [0.1, 0.15) is 5.56 Å². The maximum absolute atomic E-state index is 13.3. The van der Waals surface area contributed by atoms with Crippen molar-refractivity contribution in [1.29, 1.82) is 0 Å². The third kappa shape index (κ3) is 3.12. The predicted octanol–water partition coefficient (Wildman–Crippen LogP) is 3.16. The van der Waals surface area contributed by atoms with E-state index < -0.39 is 5.82 Å². The largest absolute Gasteiger partial charge is 0.504 e. The zero-order chi connectivity index (χ0) is 14.5. The van der Waals surface area contributed by atoms with Crippen molar-refractivity contribution in [3.05, 3.63) is 47.8 Å². The summed E-state index contributed by atoms with van der Waals surface area (Å²) in [7, 11) is 2.92. The minimum Gasteiger partial charge on any atom is -0.504 e. The van der Waals surface area contributed by atoms with Gasteiger partial charge in [0, 0.05) is 18.3 Å². The number of aromatic hydroxyl groups is 1. The van der Waals surface area contributed by atoms with Crippen molar-refractivity contribution in [2.45, 2.75) is 6.54 Å². The Hall–Kier alpha value is -2.43. The number of hydrogen-bond donors (Lipinski definition) is 2. The summed E-state index contributed by atoms with van der Waals surface area (Å²) < 4.78 is 23.2. The summed E-state index contributed by atoms with van der Waals surface area (Å²) in [4.78, 5) is 0. The highest BCUT2D eigenvalue weighted by Crippen LogP contribution is 2.27. The summed E-state index contributed by atoms with van der Waals surface area (Å²) in [6.07, 6.45) is 0. The SMILES string of the molecule is COc1ccc(CNc2ccc(F)c(OC)c2)cc1O. The lowest BCUT2D eigenvalue weighted by atomic mass is 10.2. The van der Waals surface area contributed by atoms with Crippen LogP contribution in [-0.2, 0) is 6.54 Å². The van der Waals surface area contributed by atoms with E-state index in [1.165, 1.54) is 20.3 Å². The third-order valence-corrected chi connectivity index (χ3v) is 2.89. The molecular weight excluding hydrogens is 261 g/mol. The minimum absolute atomic E-state index is 0.0866. The van der Waals surface area contributed by atoms with Gasteiger partial charge in [-0.25, -0.2) is 4.39 Å². The highest BCUT2D eigenvalue weighted by atomic mass is 19.1. The lowest BCUT2D eigenvalue weighted by Crippen LogP contribution is -2.00. The second-order valence-corrected chi connectivity index (χ2v) is 4.21. The van der Waals surface area contributed by atoms with Crippen molar-refractivity contribution in [3.63, 3.8) is 0 Å². The average Bonchev–Trinajstić information content (AvgIpc) is 2.46. The normalized spacial score (nSPS) is 10.2. The number of anilines is 1. The maximum Gasteiger partial charge on any atom is 0.165 e. The van der Waals surface area contributed by atoms with E-state index in [0.717, 1.165) is 11.3 Å². The van der Waals surface area contributed by atoms with E-state index >= 15 is 0 Å². The van der Waals surface area contributed by atoms with Gasteiger partial charge in [-0.3, -0.25) is 0 Å². The van der Waals surface area contributed by atoms with Gasteiger partial charge in [0.1, 0.15) is 0 Å². The molecule has 106 valence electrons. The monoisotopic (exact) mass is 277 g/mol. The molecule has 0 aliphatic heterocycles. The number of methoxy groups -OCH3 is 2. The Kier molecular flexibility index (Phi) is 4.30. The van der Waals surface area contributed by atoms with Gasteiger partial charge in [0.2, 0.25) is 0 Å². The number of halogens is 1. The zero-order valence-corrected chi connectivity index (χ0v) is 11.3. The number of phenols is 1. The fourth-order valence-corrected chi connectivity index (χ4v) is 1.82. The Morgan fingerprint density at radius 3 is 2.45 bits per heavy atom. The first-order valence-corrected chi connectivity index (χ1v) is 6.07. The van der Waals surface area contributed by atoms with Crippen LogP contribution in [0, 0.1) is 5.82 Å². The van der Waals surface area contributed by atoms with E-state index in [9.17, 15) is 9.50 Å². The van der Waals surface area contributed by atoms with Crippen LogP contribution in [0.3, 0.4) is 0 Å². The van der Waals surface area contributed by atoms with E-state index in [1.54, 1.807) is 24.3 Å². The summed E-state index contributed by atoms with van der Waals surface area (Å²) in [5.41, 5.74) is 1.62. The van der Waals surface area contributed by atoms with Gasteiger partial charge in [0.05, 0.1) is 14.2 Å². The van der Waals surface area contributed by atoms with Gasteiger partial charge >= 0.3 is 0 Å². The molecule has 0 atom stereocenters. The number of benzene rings is 2. The van der Waals surface area contributed by atoms with Crippen molar-refractivity contribution in [2.24, 2.45) is 0 Å². The van der Waals surface area contributed by atoms with Crippen molar-refractivity contribution < 1.29 is 19.0 Å². The Balaban J connectivity index is 2.07. The summed E-state index contributed by atoms with van der Waals surface area (Å²) in [6, 6.07) is 9.70. The van der Waals surface area contributed by atoms with Gasteiger partial charge in [-0.2, -0.15) is 0 Å². The van der Waals surface area contributed by atoms with Gasteiger partial charge in [-0.05, 0) is 29.8 Å². The molecule has 0 saturated heterocycles. The van der Waals surface area contributed by atoms with Crippen LogP contribution in [0.5, 0.6) is 17.2 Å². The van der Waals surface area contributed by atoms with Crippen molar-refractivity contribution in [2.75, 3.05) is 19.5 Å². The zero-order valence-electron chi connectivity index (χ0n) is 11.3. The molecule has 0 amide bonds. The molecule has 4 nitrogen and oxygen atoms in total. The number of rotatable bonds is 5. The van der Waals surface area contributed by atoms with Crippen molar-refractivity contribution >= 4 is 5.69 Å². The fourth-order valence-electron chi connectivity index (χ4n) is 1.82. The smallest absolute Gasteiger partial charge is 0.165 e. The van der Waals surface area contributed by atoms with E-state index in [0.29, 0.717) is 12.3 Å². The van der Waals surface area contributed by atoms with Gasteiger partial charge in [0.15, 0.2) is 23.1 Å². The maximum atomic E-state index is 13.3. The fraction of sp³-hybridized carbons (Fsp3) is 0.200. The quantitative estimate of drug-likeness (QED) is 0.881. The van der Waals surface area contributed by atoms with E-state index in [1.807, 2.05) is 6.07 Å². The second kappa shape index (κ2) is 6.14. The molecule has 0 bridgehead atoms. The molecule has 0 spiro atoms. The molecular formula is C15H16FNO3. The number of nitrogens with one attached hydrogen (secondary N) is 1. The summed E-state index contributed by atoms with van der Waals surface area (Å²) in [5.74, 6) is 0.299. The van der Waals surface area contributed by atoms with Crippen LogP contribution in [-0.4, -0.2) is 19.3 Å². The Bertz CT molecular complexity index is 602. The van der Waals surface area contributed by atoms with Crippen LogP contribution >= 0.6 is 0 Å². The van der Waals surface area contributed by atoms with Crippen LogP contribution in [0.15, 0.2) is 36.4 Å². The van der Waals surface area contributed by atoms with Gasteiger partial charge < -0.3 is 19.9 Å². The first-order chi connectivity index (χ1) is 9.63. The molecule has 2 N–H and O–H groups in total. The van der Waals surface area contributed by atoms with Crippen molar-refractivity contribution in [3.8, 4) is 17.2 Å². The van der Waals surface area contributed by atoms with Crippen molar-refractivity contribution in [1.82, 2.24) is 0 Å². The van der Waals surface area contributed by atoms with Gasteiger partial charge in [-0.1, -0.05) is 6.07 Å². The molecule has 0 fully saturated rings. The first kappa shape index (κ1) is 14.0. The molecule has 0 saturated carbocycles. The molecule has 5 heteroatoms. The molecule has 2 rings (SSSR count). The standard InChI is InChI=1S/C15H16FNO3/c1-19-14-6-3-10(7-13(14)18)9-17-11-4-5-12(16)15(8-11)20-2/h3-8,17-18H,9H2,1-2H3. The molecule has 20 heavy (non-hydrogen) atoms. The molecule has 2 aromatic rings. The lowest BCUT2D eigenvalue weighted by molar-refractivity contribution is 0.373. The summed E-state index contributed by atoms with van der Waals surface area (Å²) in [6.45, 7) is 0.492. The molecule has 0 unspecified atom stereocenters. The van der Waals surface area contributed by atoms with Gasteiger partial charge in [0.25, 0.3) is 0 Å². The average molecular weight is 277 g/mol. The Morgan fingerprint density at radius 2 is 1.80 bits per heavy atom. The molecule has 0 aliphatic rings. The van der Waals surface area contributed by atoms with E-state index in [-0.39, 0.29) is 11.5 Å². The van der Waals surface area contributed by atoms with Crippen LogP contribution < -0.4 is 14.8 Å². The second-order valence-electron chi connectivity index (χ2n) is 4.21. The number of hydrogen-bond acceptors (Lipinski definition) is 4.